The summed E-state index contributed by atoms with van der Waals surface area (Å²) >= 11 is 0. The van der Waals surface area contributed by atoms with Crippen molar-refractivity contribution in [3.63, 3.8) is 0 Å². The molecule has 2 unspecified atom stereocenters. The van der Waals surface area contributed by atoms with Crippen molar-refractivity contribution < 1.29 is 4.79 Å². The Kier molecular flexibility index (Phi) is 4.13. The van der Waals surface area contributed by atoms with Crippen molar-refractivity contribution in [1.82, 2.24) is 5.32 Å². The van der Waals surface area contributed by atoms with Crippen LogP contribution in [0.2, 0.25) is 0 Å². The largest absolute Gasteiger partial charge is 0.348 e. The molecule has 1 aliphatic carbocycles. The van der Waals surface area contributed by atoms with Crippen molar-refractivity contribution in [2.75, 3.05) is 0 Å². The average molecular weight is 270 g/mol. The van der Waals surface area contributed by atoms with Gasteiger partial charge in [0.1, 0.15) is 0 Å². The molecule has 0 heterocycles. The number of carbonyl (C=O) groups excluding carboxylic acids is 1. The summed E-state index contributed by atoms with van der Waals surface area (Å²) in [4.78, 5) is 12.2. The molecular formula is C17H22N2O. The van der Waals surface area contributed by atoms with Crippen LogP contribution in [-0.2, 0) is 5.41 Å². The Labute approximate surface area is 121 Å². The zero-order valence-electron chi connectivity index (χ0n) is 12.4. The van der Waals surface area contributed by atoms with E-state index in [0.29, 0.717) is 5.56 Å². The van der Waals surface area contributed by atoms with Gasteiger partial charge in [0.05, 0.1) is 12.0 Å². The number of carbonyl (C=O) groups is 1. The van der Waals surface area contributed by atoms with E-state index in [9.17, 15) is 4.79 Å². The molecule has 20 heavy (non-hydrogen) atoms. The molecule has 1 aromatic rings. The van der Waals surface area contributed by atoms with Crippen molar-refractivity contribution in [3.8, 4) is 6.07 Å². The maximum atomic E-state index is 12.2. The second-order valence-electron chi connectivity index (χ2n) is 6.57. The highest BCUT2D eigenvalue weighted by molar-refractivity contribution is 5.94. The predicted octanol–water partition coefficient (Wildman–Crippen LogP) is 3.41. The predicted molar refractivity (Wildman–Crippen MR) is 79.4 cm³/mol. The van der Waals surface area contributed by atoms with Gasteiger partial charge in [-0.25, -0.2) is 0 Å². The average Bonchev–Trinajstić information content (AvgIpc) is 2.85. The molecule has 1 amide bonds. The van der Waals surface area contributed by atoms with Crippen molar-refractivity contribution in [1.29, 1.82) is 5.26 Å². The molecular weight excluding hydrogens is 248 g/mol. The Hall–Kier alpha value is -1.82. The van der Waals surface area contributed by atoms with Crippen molar-refractivity contribution in [3.05, 3.63) is 35.4 Å². The van der Waals surface area contributed by atoms with Crippen LogP contribution in [0.3, 0.4) is 0 Å². The lowest BCUT2D eigenvalue weighted by Crippen LogP contribution is -2.36. The highest BCUT2D eigenvalue weighted by atomic mass is 16.1. The van der Waals surface area contributed by atoms with E-state index in [2.05, 4.69) is 32.2 Å². The lowest BCUT2D eigenvalue weighted by atomic mass is 9.86. The molecule has 1 saturated carbocycles. The fraction of sp³-hybridized carbons (Fsp3) is 0.529. The highest BCUT2D eigenvalue weighted by Gasteiger charge is 2.28. The third-order valence-electron chi connectivity index (χ3n) is 4.01. The normalized spacial score (nSPS) is 22.3. The van der Waals surface area contributed by atoms with Crippen LogP contribution in [0.25, 0.3) is 0 Å². The molecule has 2 atom stereocenters. The quantitative estimate of drug-likeness (QED) is 0.895. The number of hydrogen-bond donors (Lipinski definition) is 1. The van der Waals surface area contributed by atoms with Crippen LogP contribution in [0.15, 0.2) is 24.3 Å². The summed E-state index contributed by atoms with van der Waals surface area (Å²) in [6.07, 6.45) is 2.82. The topological polar surface area (TPSA) is 52.9 Å². The first-order chi connectivity index (χ1) is 9.41. The summed E-state index contributed by atoms with van der Waals surface area (Å²) in [5, 5.41) is 12.0. The van der Waals surface area contributed by atoms with Gasteiger partial charge in [-0.2, -0.15) is 5.26 Å². The van der Waals surface area contributed by atoms with Gasteiger partial charge in [-0.15, -0.1) is 0 Å². The number of nitrogens with zero attached hydrogens (tertiary/aromatic N) is 1. The lowest BCUT2D eigenvalue weighted by Gasteiger charge is -2.19. The first-order valence-corrected chi connectivity index (χ1v) is 7.23. The third-order valence-corrected chi connectivity index (χ3v) is 4.01. The minimum Gasteiger partial charge on any atom is -0.348 e. The Morgan fingerprint density at radius 2 is 1.90 bits per heavy atom. The molecule has 1 fully saturated rings. The zero-order chi connectivity index (χ0) is 14.8. The van der Waals surface area contributed by atoms with E-state index >= 15 is 0 Å². The summed E-state index contributed by atoms with van der Waals surface area (Å²) in [5.74, 6) is -0.106. The summed E-state index contributed by atoms with van der Waals surface area (Å²) in [5.41, 5.74) is 1.97. The van der Waals surface area contributed by atoms with E-state index < -0.39 is 0 Å². The van der Waals surface area contributed by atoms with Crippen LogP contribution < -0.4 is 5.32 Å². The summed E-state index contributed by atoms with van der Waals surface area (Å²) in [6, 6.07) is 10.0. The van der Waals surface area contributed by atoms with E-state index in [-0.39, 0.29) is 23.3 Å². The fourth-order valence-electron chi connectivity index (χ4n) is 2.66. The highest BCUT2D eigenvalue weighted by Crippen LogP contribution is 2.25. The van der Waals surface area contributed by atoms with Crippen LogP contribution >= 0.6 is 0 Å². The first kappa shape index (κ1) is 14.6. The maximum Gasteiger partial charge on any atom is 0.251 e. The SMILES string of the molecule is CC(C)(C)c1ccc(C(=O)NC2CCCC2C#N)cc1. The molecule has 0 aliphatic heterocycles. The molecule has 106 valence electrons. The molecule has 0 bridgehead atoms. The molecule has 0 radical (unpaired) electrons. The second kappa shape index (κ2) is 5.66. The number of nitriles is 1. The summed E-state index contributed by atoms with van der Waals surface area (Å²) in [6.45, 7) is 6.45. The van der Waals surface area contributed by atoms with Crippen LogP contribution in [0.1, 0.15) is 56.0 Å². The second-order valence-corrected chi connectivity index (χ2v) is 6.57. The Morgan fingerprint density at radius 3 is 2.45 bits per heavy atom. The molecule has 0 spiro atoms. The maximum absolute atomic E-state index is 12.2. The van der Waals surface area contributed by atoms with Crippen molar-refractivity contribution >= 4 is 5.91 Å². The minimum absolute atomic E-state index is 0.00907. The number of nitrogens with one attached hydrogen (secondary N) is 1. The van der Waals surface area contributed by atoms with Crippen LogP contribution in [0.5, 0.6) is 0 Å². The van der Waals surface area contributed by atoms with Gasteiger partial charge in [-0.1, -0.05) is 32.9 Å². The molecule has 1 aliphatic rings. The number of amides is 1. The fourth-order valence-corrected chi connectivity index (χ4v) is 2.66. The lowest BCUT2D eigenvalue weighted by molar-refractivity contribution is 0.0933. The number of hydrogen-bond acceptors (Lipinski definition) is 2. The smallest absolute Gasteiger partial charge is 0.251 e. The zero-order valence-corrected chi connectivity index (χ0v) is 12.4. The van der Waals surface area contributed by atoms with Crippen LogP contribution in [0, 0.1) is 17.2 Å². The number of rotatable bonds is 2. The van der Waals surface area contributed by atoms with Gasteiger partial charge in [-0.05, 0) is 42.4 Å². The van der Waals surface area contributed by atoms with Crippen molar-refractivity contribution in [2.24, 2.45) is 5.92 Å². The molecule has 3 nitrogen and oxygen atoms in total. The van der Waals surface area contributed by atoms with E-state index in [1.165, 1.54) is 5.56 Å². The monoisotopic (exact) mass is 270 g/mol. The standard InChI is InChI=1S/C17H22N2O/c1-17(2,3)14-9-7-12(8-10-14)16(20)19-15-6-4-5-13(15)11-18/h7-10,13,15H,4-6H2,1-3H3,(H,19,20). The number of benzene rings is 1. The van der Waals surface area contributed by atoms with Crippen molar-refractivity contribution in [2.45, 2.75) is 51.5 Å². The Morgan fingerprint density at radius 1 is 1.25 bits per heavy atom. The Bertz CT molecular complexity index is 519. The molecule has 0 saturated heterocycles. The van der Waals surface area contributed by atoms with E-state index in [4.69, 9.17) is 5.26 Å². The van der Waals surface area contributed by atoms with Gasteiger partial charge in [0, 0.05) is 11.6 Å². The minimum atomic E-state index is -0.0717. The molecule has 1 N–H and O–H groups in total. The van der Waals surface area contributed by atoms with Gasteiger partial charge >= 0.3 is 0 Å². The molecule has 0 aromatic heterocycles. The molecule has 3 heteroatoms. The van der Waals surface area contributed by atoms with Gasteiger partial charge in [0.15, 0.2) is 0 Å². The van der Waals surface area contributed by atoms with Gasteiger partial charge < -0.3 is 5.32 Å². The third kappa shape index (κ3) is 3.19. The van der Waals surface area contributed by atoms with Gasteiger partial charge in [-0.3, -0.25) is 4.79 Å². The van der Waals surface area contributed by atoms with Crippen LogP contribution in [0.4, 0.5) is 0 Å². The van der Waals surface area contributed by atoms with Gasteiger partial charge in [0.25, 0.3) is 5.91 Å². The summed E-state index contributed by atoms with van der Waals surface area (Å²) in [7, 11) is 0. The Balaban J connectivity index is 2.05. The molecule has 2 rings (SSSR count). The summed E-state index contributed by atoms with van der Waals surface area (Å²) < 4.78 is 0. The van der Waals surface area contributed by atoms with E-state index in [1.807, 2.05) is 24.3 Å². The van der Waals surface area contributed by atoms with Crippen LogP contribution in [-0.4, -0.2) is 11.9 Å². The first-order valence-electron chi connectivity index (χ1n) is 7.23. The molecule has 1 aromatic carbocycles. The van der Waals surface area contributed by atoms with E-state index in [1.54, 1.807) is 0 Å². The van der Waals surface area contributed by atoms with E-state index in [0.717, 1.165) is 19.3 Å². The van der Waals surface area contributed by atoms with Gasteiger partial charge in [0.2, 0.25) is 0 Å².